The first-order chi connectivity index (χ1) is 8.91. The van der Waals surface area contributed by atoms with E-state index >= 15 is 0 Å². The summed E-state index contributed by atoms with van der Waals surface area (Å²) in [6, 6.07) is -0.216. The van der Waals surface area contributed by atoms with E-state index in [2.05, 4.69) is 0 Å². The SMILES string of the molecule is CC(O)C1C(=O)N2C(C(=O)O)=C(CCCN)C(C)C12. The smallest absolute Gasteiger partial charge is 0.352 e. The topological polar surface area (TPSA) is 104 Å². The number of carbonyl (C=O) groups is 2. The van der Waals surface area contributed by atoms with Crippen LogP contribution in [0.2, 0.25) is 0 Å². The van der Waals surface area contributed by atoms with Gasteiger partial charge in [0.15, 0.2) is 0 Å². The van der Waals surface area contributed by atoms with Gasteiger partial charge in [-0.25, -0.2) is 4.79 Å². The van der Waals surface area contributed by atoms with E-state index in [0.29, 0.717) is 19.4 Å². The molecule has 106 valence electrons. The second-order valence-electron chi connectivity index (χ2n) is 5.33. The van der Waals surface area contributed by atoms with E-state index in [1.165, 1.54) is 4.90 Å². The lowest BCUT2D eigenvalue weighted by Gasteiger charge is -2.46. The van der Waals surface area contributed by atoms with Crippen LogP contribution >= 0.6 is 0 Å². The van der Waals surface area contributed by atoms with Gasteiger partial charge in [0.25, 0.3) is 0 Å². The molecule has 1 saturated heterocycles. The van der Waals surface area contributed by atoms with Crippen molar-refractivity contribution in [2.45, 2.75) is 38.8 Å². The van der Waals surface area contributed by atoms with Crippen molar-refractivity contribution in [2.75, 3.05) is 6.54 Å². The summed E-state index contributed by atoms with van der Waals surface area (Å²) in [4.78, 5) is 24.7. The quantitative estimate of drug-likeness (QED) is 0.605. The lowest BCUT2D eigenvalue weighted by molar-refractivity contribution is -0.163. The Balaban J connectivity index is 2.32. The summed E-state index contributed by atoms with van der Waals surface area (Å²) in [5.74, 6) is -1.87. The number of β-lactam (4-membered cyclic amide) rings is 1. The van der Waals surface area contributed by atoms with Crippen LogP contribution in [0.4, 0.5) is 0 Å². The molecule has 0 aliphatic carbocycles. The maximum absolute atomic E-state index is 12.0. The number of fused-ring (bicyclic) bond motifs is 1. The molecule has 0 saturated carbocycles. The molecular weight excluding hydrogens is 248 g/mol. The van der Waals surface area contributed by atoms with Crippen molar-refractivity contribution < 1.29 is 19.8 Å². The minimum Gasteiger partial charge on any atom is -0.477 e. The van der Waals surface area contributed by atoms with E-state index in [-0.39, 0.29) is 23.6 Å². The summed E-state index contributed by atoms with van der Waals surface area (Å²) >= 11 is 0. The highest BCUT2D eigenvalue weighted by atomic mass is 16.4. The van der Waals surface area contributed by atoms with Crippen LogP contribution < -0.4 is 5.73 Å². The Bertz CT molecular complexity index is 444. The van der Waals surface area contributed by atoms with Gasteiger partial charge < -0.3 is 20.8 Å². The fourth-order valence-corrected chi connectivity index (χ4v) is 3.27. The maximum atomic E-state index is 12.0. The molecule has 4 unspecified atom stereocenters. The Morgan fingerprint density at radius 2 is 2.16 bits per heavy atom. The van der Waals surface area contributed by atoms with Crippen LogP contribution in [0, 0.1) is 11.8 Å². The predicted octanol–water partition coefficient (Wildman–Crippen LogP) is -0.0785. The van der Waals surface area contributed by atoms with Gasteiger partial charge in [-0.2, -0.15) is 0 Å². The first-order valence-corrected chi connectivity index (χ1v) is 6.59. The normalized spacial score (nSPS) is 31.3. The van der Waals surface area contributed by atoms with Gasteiger partial charge in [-0.3, -0.25) is 4.79 Å². The number of rotatable bonds is 5. The third-order valence-corrected chi connectivity index (χ3v) is 4.17. The van der Waals surface area contributed by atoms with Gasteiger partial charge in [0, 0.05) is 5.92 Å². The number of hydrogen-bond donors (Lipinski definition) is 3. The number of nitrogens with two attached hydrogens (primary N) is 1. The second-order valence-corrected chi connectivity index (χ2v) is 5.33. The number of aliphatic hydroxyl groups is 1. The number of aliphatic hydroxyl groups excluding tert-OH is 1. The number of carboxylic acids is 1. The molecule has 6 nitrogen and oxygen atoms in total. The van der Waals surface area contributed by atoms with Crippen LogP contribution in [0.1, 0.15) is 26.7 Å². The first-order valence-electron chi connectivity index (χ1n) is 6.59. The zero-order valence-corrected chi connectivity index (χ0v) is 11.2. The van der Waals surface area contributed by atoms with Crippen molar-refractivity contribution in [3.05, 3.63) is 11.3 Å². The van der Waals surface area contributed by atoms with Crippen LogP contribution in [0.5, 0.6) is 0 Å². The average Bonchev–Trinajstić information content (AvgIpc) is 2.56. The van der Waals surface area contributed by atoms with Crippen molar-refractivity contribution in [3.8, 4) is 0 Å². The fourth-order valence-electron chi connectivity index (χ4n) is 3.27. The highest BCUT2D eigenvalue weighted by Gasteiger charge is 2.59. The summed E-state index contributed by atoms with van der Waals surface area (Å²) in [6.45, 7) is 3.98. The molecule has 4 N–H and O–H groups in total. The number of carboxylic acid groups (broad SMARTS) is 1. The molecule has 2 aliphatic heterocycles. The molecule has 0 spiro atoms. The largest absolute Gasteiger partial charge is 0.477 e. The monoisotopic (exact) mass is 268 g/mol. The molecule has 2 aliphatic rings. The molecule has 0 aromatic heterocycles. The van der Waals surface area contributed by atoms with Gasteiger partial charge in [0.2, 0.25) is 5.91 Å². The number of aliphatic carboxylic acids is 1. The van der Waals surface area contributed by atoms with Crippen molar-refractivity contribution >= 4 is 11.9 Å². The van der Waals surface area contributed by atoms with Crippen molar-refractivity contribution in [2.24, 2.45) is 17.6 Å². The van der Waals surface area contributed by atoms with Crippen LogP contribution in [0.25, 0.3) is 0 Å². The molecule has 2 rings (SSSR count). The van der Waals surface area contributed by atoms with Crippen molar-refractivity contribution in [1.82, 2.24) is 4.90 Å². The van der Waals surface area contributed by atoms with Crippen LogP contribution in [0.15, 0.2) is 11.3 Å². The molecule has 2 heterocycles. The molecule has 0 bridgehead atoms. The first kappa shape index (κ1) is 14.0. The van der Waals surface area contributed by atoms with Gasteiger partial charge in [-0.15, -0.1) is 0 Å². The van der Waals surface area contributed by atoms with Crippen molar-refractivity contribution in [1.29, 1.82) is 0 Å². The van der Waals surface area contributed by atoms with E-state index in [1.807, 2.05) is 6.92 Å². The van der Waals surface area contributed by atoms with Gasteiger partial charge in [0.05, 0.1) is 18.1 Å². The molecule has 0 aromatic carbocycles. The van der Waals surface area contributed by atoms with Crippen LogP contribution in [-0.4, -0.2) is 45.7 Å². The van der Waals surface area contributed by atoms with E-state index in [1.54, 1.807) is 6.92 Å². The Morgan fingerprint density at radius 1 is 1.53 bits per heavy atom. The van der Waals surface area contributed by atoms with Crippen LogP contribution in [0.3, 0.4) is 0 Å². The summed E-state index contributed by atoms with van der Waals surface area (Å²) in [5, 5.41) is 19.0. The predicted molar refractivity (Wildman–Crippen MR) is 67.9 cm³/mol. The Hall–Kier alpha value is -1.40. The van der Waals surface area contributed by atoms with E-state index in [0.717, 1.165) is 5.57 Å². The second kappa shape index (κ2) is 4.94. The maximum Gasteiger partial charge on any atom is 0.352 e. The molecule has 1 amide bonds. The minimum atomic E-state index is -1.07. The molecule has 6 heteroatoms. The molecular formula is C13H20N2O4. The number of carbonyl (C=O) groups excluding carboxylic acids is 1. The molecule has 4 atom stereocenters. The third-order valence-electron chi connectivity index (χ3n) is 4.17. The lowest BCUT2D eigenvalue weighted by atomic mass is 9.77. The van der Waals surface area contributed by atoms with Crippen molar-refractivity contribution in [3.63, 3.8) is 0 Å². The lowest BCUT2D eigenvalue weighted by Crippen LogP contribution is -2.63. The number of hydrogen-bond acceptors (Lipinski definition) is 4. The summed E-state index contributed by atoms with van der Waals surface area (Å²) in [6.07, 6.45) is 0.538. The minimum absolute atomic E-state index is 0.0325. The van der Waals surface area contributed by atoms with Gasteiger partial charge >= 0.3 is 5.97 Å². The Kier molecular flexibility index (Phi) is 3.64. The van der Waals surface area contributed by atoms with Gasteiger partial charge in [-0.05, 0) is 31.9 Å². The molecule has 0 aromatic rings. The molecule has 0 radical (unpaired) electrons. The zero-order chi connectivity index (χ0) is 14.3. The summed E-state index contributed by atoms with van der Waals surface area (Å²) in [7, 11) is 0. The molecule has 19 heavy (non-hydrogen) atoms. The third kappa shape index (κ3) is 1.95. The summed E-state index contributed by atoms with van der Waals surface area (Å²) < 4.78 is 0. The zero-order valence-electron chi connectivity index (χ0n) is 11.2. The average molecular weight is 268 g/mol. The Labute approximate surface area is 111 Å². The standard InChI is InChI=1S/C13H20N2O4/c1-6-8(4-3-5-14)11(13(18)19)15-10(6)9(7(2)16)12(15)17/h6-7,9-10,16H,3-5,14H2,1-2H3,(H,18,19). The highest BCUT2D eigenvalue weighted by Crippen LogP contribution is 2.48. The van der Waals surface area contributed by atoms with E-state index in [4.69, 9.17) is 5.73 Å². The number of nitrogens with zero attached hydrogens (tertiary/aromatic N) is 1. The van der Waals surface area contributed by atoms with E-state index < -0.39 is 18.0 Å². The fraction of sp³-hybridized carbons (Fsp3) is 0.692. The summed E-state index contributed by atoms with van der Waals surface area (Å²) in [5.41, 5.74) is 6.35. The number of amides is 1. The van der Waals surface area contributed by atoms with E-state index in [9.17, 15) is 19.8 Å². The Morgan fingerprint density at radius 3 is 2.63 bits per heavy atom. The van der Waals surface area contributed by atoms with Gasteiger partial charge in [-0.1, -0.05) is 6.92 Å². The highest BCUT2D eigenvalue weighted by molar-refractivity contribution is 6.00. The molecule has 1 fully saturated rings. The van der Waals surface area contributed by atoms with Gasteiger partial charge in [0.1, 0.15) is 5.70 Å². The van der Waals surface area contributed by atoms with Crippen LogP contribution in [-0.2, 0) is 9.59 Å².